The van der Waals surface area contributed by atoms with Gasteiger partial charge in [0.15, 0.2) is 0 Å². The highest BCUT2D eigenvalue weighted by Crippen LogP contribution is 2.35. The maximum absolute atomic E-state index is 14.4. The molecule has 0 saturated heterocycles. The van der Waals surface area contributed by atoms with Gasteiger partial charge in [-0.3, -0.25) is 8.98 Å². The van der Waals surface area contributed by atoms with E-state index >= 15 is 0 Å². The molecule has 1 aliphatic heterocycles. The Morgan fingerprint density at radius 3 is 2.18 bits per heavy atom. The molecular formula is C48H57N3O12S2. The van der Waals surface area contributed by atoms with Gasteiger partial charge < -0.3 is 38.6 Å². The summed E-state index contributed by atoms with van der Waals surface area (Å²) in [6, 6.07) is 31.8. The smallest absolute Gasteiger partial charge is 0.297 e. The first-order valence-electron chi connectivity index (χ1n) is 21.3. The number of fused-ring (bicyclic) bond motifs is 1. The van der Waals surface area contributed by atoms with Gasteiger partial charge in [-0.05, 0) is 87.0 Å². The van der Waals surface area contributed by atoms with Crippen LogP contribution in [0.2, 0.25) is 0 Å². The van der Waals surface area contributed by atoms with E-state index in [9.17, 15) is 21.6 Å². The fraction of sp³-hybridized carbons (Fsp3) is 0.354. The Hall–Kier alpha value is -5.69. The molecule has 1 amide bonds. The minimum atomic E-state index is -4.45. The lowest BCUT2D eigenvalue weighted by Gasteiger charge is -2.31. The fourth-order valence-corrected chi connectivity index (χ4v) is 9.38. The summed E-state index contributed by atoms with van der Waals surface area (Å²) in [7, 11) is -5.59. The van der Waals surface area contributed by atoms with E-state index in [2.05, 4.69) is 10.2 Å². The van der Waals surface area contributed by atoms with Crippen molar-refractivity contribution in [2.75, 3.05) is 83.6 Å². The molecule has 5 aromatic carbocycles. The maximum Gasteiger partial charge on any atom is 0.297 e. The zero-order chi connectivity index (χ0) is 46.2. The Balaban J connectivity index is 1.16. The fourth-order valence-electron chi connectivity index (χ4n) is 6.90. The number of methoxy groups -OCH3 is 2. The molecule has 0 fully saturated rings. The van der Waals surface area contributed by atoms with Gasteiger partial charge in [0, 0.05) is 50.5 Å². The molecule has 1 N–H and O–H groups in total. The van der Waals surface area contributed by atoms with E-state index in [1.165, 1.54) is 24.3 Å². The summed E-state index contributed by atoms with van der Waals surface area (Å²) < 4.78 is 97.3. The van der Waals surface area contributed by atoms with Crippen LogP contribution in [0.4, 0.5) is 11.4 Å². The maximum atomic E-state index is 14.4. The number of nitrogens with zero attached hydrogens (tertiary/aromatic N) is 2. The number of carbonyl (C=O) groups excluding carboxylic acids is 1. The number of aryl methyl sites for hydroxylation is 2. The van der Waals surface area contributed by atoms with Crippen LogP contribution in [0.15, 0.2) is 125 Å². The molecule has 17 heteroatoms. The minimum Gasteiger partial charge on any atom is -0.496 e. The molecule has 0 spiro atoms. The molecular weight excluding hydrogens is 875 g/mol. The molecule has 0 radical (unpaired) electrons. The van der Waals surface area contributed by atoms with E-state index in [4.69, 9.17) is 32.6 Å². The third-order valence-electron chi connectivity index (χ3n) is 10.4. The lowest BCUT2D eigenvalue weighted by molar-refractivity contribution is -0.116. The quantitative estimate of drug-likeness (QED) is 0.0469. The topological polar surface area (TPSA) is 168 Å². The summed E-state index contributed by atoms with van der Waals surface area (Å²) in [6.45, 7) is 5.73. The zero-order valence-corrected chi connectivity index (χ0v) is 38.8. The lowest BCUT2D eigenvalue weighted by Crippen LogP contribution is -2.45. The van der Waals surface area contributed by atoms with E-state index in [1.807, 2.05) is 38.1 Å². The SMILES string of the molecule is COCCCN1CCOc2ccc(OCC(CN(CC(=O)Nc3ccc(OCCCOCc4ccccc4OC)cc3)S(=O)(=O)c3ccc(C)cc3)OS(=O)(=O)c3ccc(C)cc3)cc21. The number of anilines is 2. The van der Waals surface area contributed by atoms with Gasteiger partial charge in [0.1, 0.15) is 42.3 Å². The van der Waals surface area contributed by atoms with Gasteiger partial charge in [0.25, 0.3) is 10.1 Å². The molecule has 0 bridgehead atoms. The molecule has 1 heterocycles. The van der Waals surface area contributed by atoms with Gasteiger partial charge in [-0.25, -0.2) is 8.42 Å². The van der Waals surface area contributed by atoms with Crippen molar-refractivity contribution < 1.29 is 54.2 Å². The van der Waals surface area contributed by atoms with Gasteiger partial charge in [0.05, 0.1) is 55.5 Å². The number of nitrogens with one attached hydrogen (secondary N) is 1. The molecule has 348 valence electrons. The van der Waals surface area contributed by atoms with Crippen LogP contribution in [-0.2, 0) is 45.2 Å². The summed E-state index contributed by atoms with van der Waals surface area (Å²) in [4.78, 5) is 15.7. The van der Waals surface area contributed by atoms with Crippen LogP contribution in [0.5, 0.6) is 23.0 Å². The summed E-state index contributed by atoms with van der Waals surface area (Å²) >= 11 is 0. The predicted octanol–water partition coefficient (Wildman–Crippen LogP) is 7.02. The van der Waals surface area contributed by atoms with Crippen LogP contribution in [-0.4, -0.2) is 107 Å². The predicted molar refractivity (Wildman–Crippen MR) is 247 cm³/mol. The number of carbonyl (C=O) groups is 1. The Kier molecular flexibility index (Phi) is 17.6. The molecule has 1 unspecified atom stereocenters. The summed E-state index contributed by atoms with van der Waals surface area (Å²) in [5.41, 5.74) is 3.80. The van der Waals surface area contributed by atoms with Crippen molar-refractivity contribution in [2.45, 2.75) is 49.2 Å². The van der Waals surface area contributed by atoms with Crippen molar-refractivity contribution in [3.63, 3.8) is 0 Å². The number of hydrogen-bond acceptors (Lipinski definition) is 13. The number of rotatable bonds is 25. The number of benzene rings is 5. The third kappa shape index (κ3) is 14.1. The highest BCUT2D eigenvalue weighted by Gasteiger charge is 2.33. The van der Waals surface area contributed by atoms with E-state index < -0.39 is 51.8 Å². The second-order valence-electron chi connectivity index (χ2n) is 15.4. The first kappa shape index (κ1) is 48.8. The van der Waals surface area contributed by atoms with Gasteiger partial charge in [-0.2, -0.15) is 12.7 Å². The largest absolute Gasteiger partial charge is 0.496 e. The van der Waals surface area contributed by atoms with E-state index in [0.717, 1.165) is 38.9 Å². The average Bonchev–Trinajstić information content (AvgIpc) is 3.30. The number of amides is 1. The molecule has 65 heavy (non-hydrogen) atoms. The van der Waals surface area contributed by atoms with Crippen LogP contribution in [0.25, 0.3) is 0 Å². The standard InChI is InChI=1S/C48H57N3O12S2/c1-36-11-20-43(21-12-36)64(53,54)51(33-48(52)49-39-15-17-40(18-16-39)60-29-8-28-59-34-38-9-5-6-10-46(38)58-4)32-42(63-65(55,56)44-22-13-37(2)14-23-44)35-62-41-19-24-47-45(31-41)50(26-30-61-47)25-7-27-57-3/h5-6,9-24,31,42H,7-8,25-30,32-35H2,1-4H3,(H,49,52). The van der Waals surface area contributed by atoms with Crippen molar-refractivity contribution >= 4 is 37.4 Å². The summed E-state index contributed by atoms with van der Waals surface area (Å²) in [5.74, 6) is 1.70. The molecule has 1 atom stereocenters. The molecule has 15 nitrogen and oxygen atoms in total. The van der Waals surface area contributed by atoms with E-state index in [1.54, 1.807) is 80.9 Å². The number of para-hydroxylation sites is 1. The molecule has 0 aliphatic carbocycles. The highest BCUT2D eigenvalue weighted by molar-refractivity contribution is 7.89. The van der Waals surface area contributed by atoms with Gasteiger partial charge >= 0.3 is 0 Å². The van der Waals surface area contributed by atoms with Crippen molar-refractivity contribution in [3.05, 3.63) is 132 Å². The van der Waals surface area contributed by atoms with Gasteiger partial charge in [0.2, 0.25) is 15.9 Å². The number of ether oxygens (including phenoxy) is 6. The number of sulfonamides is 1. The monoisotopic (exact) mass is 931 g/mol. The van der Waals surface area contributed by atoms with Crippen molar-refractivity contribution in [3.8, 4) is 23.0 Å². The Morgan fingerprint density at radius 1 is 0.785 bits per heavy atom. The van der Waals surface area contributed by atoms with E-state index in [0.29, 0.717) is 75.5 Å². The van der Waals surface area contributed by atoms with Crippen LogP contribution in [0.1, 0.15) is 29.5 Å². The molecule has 0 saturated carbocycles. The Morgan fingerprint density at radius 2 is 1.48 bits per heavy atom. The third-order valence-corrected chi connectivity index (χ3v) is 13.6. The summed E-state index contributed by atoms with van der Waals surface area (Å²) in [6.07, 6.45) is 0.00927. The zero-order valence-electron chi connectivity index (χ0n) is 37.1. The van der Waals surface area contributed by atoms with Crippen LogP contribution in [0, 0.1) is 13.8 Å². The van der Waals surface area contributed by atoms with Gasteiger partial charge in [-0.15, -0.1) is 0 Å². The van der Waals surface area contributed by atoms with E-state index in [-0.39, 0.29) is 9.79 Å². The van der Waals surface area contributed by atoms with Gasteiger partial charge in [-0.1, -0.05) is 53.6 Å². The Bertz CT molecular complexity index is 2520. The molecule has 1 aliphatic rings. The Labute approximate surface area is 382 Å². The lowest BCUT2D eigenvalue weighted by atomic mass is 10.2. The molecule has 5 aromatic rings. The minimum absolute atomic E-state index is 0.0908. The van der Waals surface area contributed by atoms with Crippen molar-refractivity contribution in [1.82, 2.24) is 4.31 Å². The van der Waals surface area contributed by atoms with Crippen molar-refractivity contribution in [2.24, 2.45) is 0 Å². The second kappa shape index (κ2) is 23.5. The highest BCUT2D eigenvalue weighted by atomic mass is 32.2. The average molecular weight is 932 g/mol. The van der Waals surface area contributed by atoms with Crippen LogP contribution >= 0.6 is 0 Å². The first-order valence-corrected chi connectivity index (χ1v) is 24.1. The number of hydrogen-bond donors (Lipinski definition) is 1. The second-order valence-corrected chi connectivity index (χ2v) is 18.9. The molecule has 0 aromatic heterocycles. The first-order chi connectivity index (χ1) is 31.3. The summed E-state index contributed by atoms with van der Waals surface area (Å²) in [5, 5.41) is 2.76. The van der Waals surface area contributed by atoms with Crippen LogP contribution < -0.4 is 29.2 Å². The molecule has 6 rings (SSSR count). The van der Waals surface area contributed by atoms with Crippen molar-refractivity contribution in [1.29, 1.82) is 0 Å². The van der Waals surface area contributed by atoms with Crippen LogP contribution in [0.3, 0.4) is 0 Å². The normalized spacial score (nSPS) is 13.2.